The van der Waals surface area contributed by atoms with Crippen molar-refractivity contribution in [1.29, 1.82) is 0 Å². The van der Waals surface area contributed by atoms with Gasteiger partial charge in [-0.2, -0.15) is 0 Å². The van der Waals surface area contributed by atoms with E-state index >= 15 is 0 Å². The van der Waals surface area contributed by atoms with Crippen LogP contribution in [0, 0.1) is 0 Å². The third-order valence-corrected chi connectivity index (χ3v) is 4.75. The molecule has 0 bridgehead atoms. The number of ketones is 1. The number of ether oxygens (including phenoxy) is 2. The Morgan fingerprint density at radius 3 is 2.54 bits per heavy atom. The molecule has 0 amide bonds. The lowest BCUT2D eigenvalue weighted by Crippen LogP contribution is -2.08. The van der Waals surface area contributed by atoms with Crippen LogP contribution in [0.15, 0.2) is 66.7 Å². The summed E-state index contributed by atoms with van der Waals surface area (Å²) in [5, 5.41) is 0.802. The van der Waals surface area contributed by atoms with Crippen molar-refractivity contribution in [1.82, 2.24) is 4.98 Å². The molecule has 0 N–H and O–H groups in total. The van der Waals surface area contributed by atoms with Crippen LogP contribution in [0.5, 0.6) is 11.5 Å². The van der Waals surface area contributed by atoms with Crippen molar-refractivity contribution in [3.05, 3.63) is 93.4 Å². The van der Waals surface area contributed by atoms with Crippen molar-refractivity contribution >= 4 is 41.0 Å². The monoisotopic (exact) mass is 411 g/mol. The summed E-state index contributed by atoms with van der Waals surface area (Å²) in [5.74, 6) is -0.0715. The van der Waals surface area contributed by atoms with Crippen LogP contribution < -0.4 is 9.47 Å². The van der Waals surface area contributed by atoms with Crippen molar-refractivity contribution in [2.45, 2.75) is 0 Å². The fourth-order valence-corrected chi connectivity index (χ4v) is 2.94. The maximum Gasteiger partial charge on any atom is 0.343 e. The lowest BCUT2D eigenvalue weighted by Gasteiger charge is -2.05. The molecule has 1 aromatic heterocycles. The molecule has 4 rings (SSSR count). The number of esters is 1. The number of rotatable bonds is 3. The zero-order chi connectivity index (χ0) is 19.7. The molecule has 2 heterocycles. The molecule has 0 fully saturated rings. The SMILES string of the molecule is O=C(Oc1ccc2c(c1)O/C(=C\c1ccc(Cl)c(Cl)c1)C2=O)c1ccncc1. The maximum atomic E-state index is 12.5. The molecule has 5 nitrogen and oxygen atoms in total. The zero-order valence-electron chi connectivity index (χ0n) is 14.2. The van der Waals surface area contributed by atoms with Crippen LogP contribution in [0.1, 0.15) is 26.3 Å². The fourth-order valence-electron chi connectivity index (χ4n) is 2.64. The van der Waals surface area contributed by atoms with E-state index in [-0.39, 0.29) is 17.3 Å². The first kappa shape index (κ1) is 18.2. The predicted molar refractivity (Wildman–Crippen MR) is 105 cm³/mol. The Bertz CT molecular complexity index is 1130. The Labute approximate surface area is 170 Å². The van der Waals surface area contributed by atoms with Gasteiger partial charge in [-0.25, -0.2) is 4.79 Å². The van der Waals surface area contributed by atoms with E-state index in [2.05, 4.69) is 4.98 Å². The van der Waals surface area contributed by atoms with Crippen LogP contribution in [-0.4, -0.2) is 16.7 Å². The highest BCUT2D eigenvalue weighted by Crippen LogP contribution is 2.35. The molecular formula is C21H11Cl2NO4. The Hall–Kier alpha value is -3.15. The van der Waals surface area contributed by atoms with Gasteiger partial charge < -0.3 is 9.47 Å². The molecule has 138 valence electrons. The molecule has 3 aromatic rings. The van der Waals surface area contributed by atoms with E-state index in [1.807, 2.05) is 0 Å². The van der Waals surface area contributed by atoms with Gasteiger partial charge in [0.05, 0.1) is 21.2 Å². The van der Waals surface area contributed by atoms with Gasteiger partial charge in [-0.05, 0) is 48.0 Å². The number of nitrogens with zero attached hydrogens (tertiary/aromatic N) is 1. The Kier molecular flexibility index (Phi) is 4.86. The second-order valence-corrected chi connectivity index (χ2v) is 6.71. The highest BCUT2D eigenvalue weighted by atomic mass is 35.5. The summed E-state index contributed by atoms with van der Waals surface area (Å²) < 4.78 is 11.0. The van der Waals surface area contributed by atoms with Gasteiger partial charge in [-0.3, -0.25) is 9.78 Å². The third-order valence-electron chi connectivity index (χ3n) is 4.01. The molecule has 0 atom stereocenters. The minimum Gasteiger partial charge on any atom is -0.452 e. The van der Waals surface area contributed by atoms with Crippen molar-refractivity contribution in [3.63, 3.8) is 0 Å². The van der Waals surface area contributed by atoms with Crippen LogP contribution in [0.25, 0.3) is 6.08 Å². The molecule has 0 aliphatic carbocycles. The average molecular weight is 412 g/mol. The van der Waals surface area contributed by atoms with Gasteiger partial charge in [0, 0.05) is 18.5 Å². The lowest BCUT2D eigenvalue weighted by atomic mass is 10.1. The Morgan fingerprint density at radius 2 is 1.79 bits per heavy atom. The molecule has 0 saturated heterocycles. The maximum absolute atomic E-state index is 12.5. The first-order valence-electron chi connectivity index (χ1n) is 8.17. The van der Waals surface area contributed by atoms with E-state index in [0.29, 0.717) is 32.5 Å². The number of carbonyl (C=O) groups excluding carboxylic acids is 2. The summed E-state index contributed by atoms with van der Waals surface area (Å²) >= 11 is 11.9. The minimum absolute atomic E-state index is 0.144. The van der Waals surface area contributed by atoms with E-state index in [1.54, 1.807) is 48.5 Å². The van der Waals surface area contributed by atoms with E-state index < -0.39 is 5.97 Å². The van der Waals surface area contributed by atoms with Crippen molar-refractivity contribution in [3.8, 4) is 11.5 Å². The number of carbonyl (C=O) groups is 2. The van der Waals surface area contributed by atoms with Crippen LogP contribution in [0.2, 0.25) is 10.0 Å². The molecule has 0 saturated carbocycles. The number of hydrogen-bond donors (Lipinski definition) is 0. The number of pyridine rings is 1. The van der Waals surface area contributed by atoms with Crippen LogP contribution in [-0.2, 0) is 0 Å². The summed E-state index contributed by atoms with van der Waals surface area (Å²) in [6.07, 6.45) is 4.58. The molecular weight excluding hydrogens is 401 g/mol. The van der Waals surface area contributed by atoms with Crippen molar-refractivity contribution in [2.24, 2.45) is 0 Å². The first-order chi connectivity index (χ1) is 13.5. The fraction of sp³-hybridized carbons (Fsp3) is 0. The summed E-state index contributed by atoms with van der Waals surface area (Å²) in [6, 6.07) is 12.7. The van der Waals surface area contributed by atoms with Gasteiger partial charge in [-0.1, -0.05) is 29.3 Å². The topological polar surface area (TPSA) is 65.5 Å². The second kappa shape index (κ2) is 7.46. The molecule has 2 aromatic carbocycles. The van der Waals surface area contributed by atoms with Gasteiger partial charge in [0.1, 0.15) is 11.5 Å². The average Bonchev–Trinajstić information content (AvgIpc) is 3.00. The quantitative estimate of drug-likeness (QED) is 0.335. The molecule has 1 aliphatic rings. The highest BCUT2D eigenvalue weighted by molar-refractivity contribution is 6.42. The molecule has 0 spiro atoms. The molecule has 7 heteroatoms. The Morgan fingerprint density at radius 1 is 1.00 bits per heavy atom. The summed E-state index contributed by atoms with van der Waals surface area (Å²) in [4.78, 5) is 28.5. The first-order valence-corrected chi connectivity index (χ1v) is 8.92. The second-order valence-electron chi connectivity index (χ2n) is 5.90. The molecule has 0 unspecified atom stereocenters. The number of aromatic nitrogens is 1. The van der Waals surface area contributed by atoms with Gasteiger partial charge in [0.15, 0.2) is 5.76 Å². The predicted octanol–water partition coefficient (Wildman–Crippen LogP) is 5.22. The van der Waals surface area contributed by atoms with E-state index in [9.17, 15) is 9.59 Å². The van der Waals surface area contributed by atoms with Crippen LogP contribution in [0.3, 0.4) is 0 Å². The number of benzene rings is 2. The number of halogens is 2. The van der Waals surface area contributed by atoms with Crippen molar-refractivity contribution in [2.75, 3.05) is 0 Å². The van der Waals surface area contributed by atoms with Gasteiger partial charge >= 0.3 is 5.97 Å². The van der Waals surface area contributed by atoms with Gasteiger partial charge in [0.2, 0.25) is 5.78 Å². The standard InChI is InChI=1S/C21H11Cl2NO4/c22-16-4-1-12(9-17(16)23)10-19-20(25)15-3-2-14(11-18(15)28-19)27-21(26)13-5-7-24-8-6-13/h1-11H/b19-10-. The lowest BCUT2D eigenvalue weighted by molar-refractivity contribution is 0.0734. The van der Waals surface area contributed by atoms with Gasteiger partial charge in [-0.15, -0.1) is 0 Å². The smallest absolute Gasteiger partial charge is 0.343 e. The third kappa shape index (κ3) is 3.63. The molecule has 1 aliphatic heterocycles. The normalized spacial score (nSPS) is 13.9. The summed E-state index contributed by atoms with van der Waals surface area (Å²) in [5.41, 5.74) is 1.43. The van der Waals surface area contributed by atoms with Crippen LogP contribution >= 0.6 is 23.2 Å². The largest absolute Gasteiger partial charge is 0.452 e. The van der Waals surface area contributed by atoms with E-state index in [0.717, 1.165) is 0 Å². The summed E-state index contributed by atoms with van der Waals surface area (Å²) in [6.45, 7) is 0. The molecule has 28 heavy (non-hydrogen) atoms. The summed E-state index contributed by atoms with van der Waals surface area (Å²) in [7, 11) is 0. The van der Waals surface area contributed by atoms with Gasteiger partial charge in [0.25, 0.3) is 0 Å². The number of Topliss-reactive ketones (excluding diaryl/α,β-unsaturated/α-hetero) is 1. The zero-order valence-corrected chi connectivity index (χ0v) is 15.7. The minimum atomic E-state index is -0.529. The van der Waals surface area contributed by atoms with Crippen LogP contribution in [0.4, 0.5) is 0 Å². The van der Waals surface area contributed by atoms with E-state index in [1.165, 1.54) is 18.5 Å². The molecule has 0 radical (unpaired) electrons. The number of allylic oxidation sites excluding steroid dienone is 1. The van der Waals surface area contributed by atoms with E-state index in [4.69, 9.17) is 32.7 Å². The number of hydrogen-bond acceptors (Lipinski definition) is 5. The van der Waals surface area contributed by atoms with Crippen molar-refractivity contribution < 1.29 is 19.1 Å². The number of fused-ring (bicyclic) bond motifs is 1. The Balaban J connectivity index is 1.56. The highest BCUT2D eigenvalue weighted by Gasteiger charge is 2.28.